The van der Waals surface area contributed by atoms with Crippen LogP contribution in [0.15, 0.2) is 0 Å². The average molecular weight is 220 g/mol. The highest BCUT2D eigenvalue weighted by Crippen LogP contribution is 2.08. The average Bonchev–Trinajstić information content (AvgIpc) is 2.12. The predicted octanol–water partition coefficient (Wildman–Crippen LogP) is 1.35. The second kappa shape index (κ2) is 11.0. The zero-order chi connectivity index (χ0) is 12.3. The molecule has 0 saturated carbocycles. The minimum absolute atomic E-state index is 0.131. The summed E-state index contributed by atoms with van der Waals surface area (Å²) < 4.78 is 0. The smallest absolute Gasteiger partial charge is 0.306 e. The van der Waals surface area contributed by atoms with Crippen LogP contribution < -0.4 is 0 Å². The molecule has 0 amide bonds. The van der Waals surface area contributed by atoms with Gasteiger partial charge in [-0.1, -0.05) is 13.3 Å². The summed E-state index contributed by atoms with van der Waals surface area (Å²) in [5.41, 5.74) is 0. The number of hydrogen-bond donors (Lipinski definition) is 3. The van der Waals surface area contributed by atoms with Crippen LogP contribution in [0.5, 0.6) is 0 Å². The third-order valence-electron chi connectivity index (χ3n) is 1.70. The summed E-state index contributed by atoms with van der Waals surface area (Å²) >= 11 is 0. The zero-order valence-electron chi connectivity index (χ0n) is 9.27. The Morgan fingerprint density at radius 3 is 2.00 bits per heavy atom. The summed E-state index contributed by atoms with van der Waals surface area (Å²) in [4.78, 5) is 20.4. The Morgan fingerprint density at radius 1 is 1.20 bits per heavy atom. The van der Waals surface area contributed by atoms with Crippen molar-refractivity contribution >= 4 is 11.9 Å². The molecule has 0 aliphatic rings. The molecule has 5 heteroatoms. The monoisotopic (exact) mass is 220 g/mol. The molecule has 0 aliphatic heterocycles. The summed E-state index contributed by atoms with van der Waals surface area (Å²) in [5.74, 6) is -2.00. The van der Waals surface area contributed by atoms with Crippen LogP contribution in [0.1, 0.15) is 39.5 Å². The lowest BCUT2D eigenvalue weighted by Gasteiger charge is -2.03. The van der Waals surface area contributed by atoms with E-state index in [0.29, 0.717) is 19.3 Å². The van der Waals surface area contributed by atoms with Crippen molar-refractivity contribution in [3.63, 3.8) is 0 Å². The van der Waals surface area contributed by atoms with Gasteiger partial charge in [-0.15, -0.1) is 0 Å². The van der Waals surface area contributed by atoms with Gasteiger partial charge in [0, 0.05) is 13.0 Å². The van der Waals surface area contributed by atoms with E-state index < -0.39 is 11.9 Å². The fourth-order valence-corrected chi connectivity index (χ4v) is 0.850. The van der Waals surface area contributed by atoms with E-state index in [1.54, 1.807) is 13.8 Å². The molecule has 0 saturated heterocycles. The quantitative estimate of drug-likeness (QED) is 0.587. The van der Waals surface area contributed by atoms with Crippen molar-refractivity contribution in [1.29, 1.82) is 0 Å². The largest absolute Gasteiger partial charge is 0.481 e. The predicted molar refractivity (Wildman–Crippen MR) is 55.7 cm³/mol. The number of aliphatic hydroxyl groups excluding tert-OH is 1. The van der Waals surface area contributed by atoms with E-state index in [9.17, 15) is 9.59 Å². The number of unbranched alkanes of at least 4 members (excludes halogenated alkanes) is 1. The Morgan fingerprint density at radius 2 is 1.67 bits per heavy atom. The SMILES string of the molecule is CC(CCCCC(=O)O)C(=O)O.CCO. The van der Waals surface area contributed by atoms with Gasteiger partial charge in [-0.2, -0.15) is 0 Å². The van der Waals surface area contributed by atoms with Gasteiger partial charge < -0.3 is 15.3 Å². The first kappa shape index (κ1) is 16.3. The van der Waals surface area contributed by atoms with Crippen molar-refractivity contribution in [2.24, 2.45) is 5.92 Å². The Hall–Kier alpha value is -1.10. The molecular formula is C10H20O5. The highest BCUT2D eigenvalue weighted by Gasteiger charge is 2.09. The standard InChI is InChI=1S/C8H14O4.C2H6O/c1-6(8(11)12)4-2-3-5-7(9)10;1-2-3/h6H,2-5H2,1H3,(H,9,10)(H,11,12);3H,2H2,1H3. The first-order chi connectivity index (χ1) is 6.95. The van der Waals surface area contributed by atoms with Crippen LogP contribution >= 0.6 is 0 Å². The molecule has 0 aromatic heterocycles. The molecule has 0 bridgehead atoms. The van der Waals surface area contributed by atoms with Crippen LogP contribution in [-0.2, 0) is 9.59 Å². The van der Waals surface area contributed by atoms with E-state index in [0.717, 1.165) is 0 Å². The summed E-state index contributed by atoms with van der Waals surface area (Å²) in [5, 5.41) is 24.3. The summed E-state index contributed by atoms with van der Waals surface area (Å²) in [6.45, 7) is 3.56. The van der Waals surface area contributed by atoms with Crippen LogP contribution in [-0.4, -0.2) is 33.9 Å². The van der Waals surface area contributed by atoms with Crippen molar-refractivity contribution in [2.75, 3.05) is 6.61 Å². The Kier molecular flexibility index (Phi) is 12.0. The number of rotatable bonds is 6. The van der Waals surface area contributed by atoms with Gasteiger partial charge in [0.05, 0.1) is 5.92 Å². The third kappa shape index (κ3) is 15.6. The van der Waals surface area contributed by atoms with Crippen LogP contribution in [0.4, 0.5) is 0 Å². The molecule has 3 N–H and O–H groups in total. The van der Waals surface area contributed by atoms with E-state index >= 15 is 0 Å². The van der Waals surface area contributed by atoms with Gasteiger partial charge in [0.25, 0.3) is 0 Å². The van der Waals surface area contributed by atoms with Crippen molar-refractivity contribution in [2.45, 2.75) is 39.5 Å². The minimum Gasteiger partial charge on any atom is -0.481 e. The second-order valence-corrected chi connectivity index (χ2v) is 3.20. The zero-order valence-corrected chi connectivity index (χ0v) is 9.27. The van der Waals surface area contributed by atoms with E-state index in [2.05, 4.69) is 0 Å². The number of carboxylic acid groups (broad SMARTS) is 2. The first-order valence-electron chi connectivity index (χ1n) is 5.01. The summed E-state index contributed by atoms with van der Waals surface area (Å²) in [6, 6.07) is 0. The molecule has 0 heterocycles. The normalized spacial score (nSPS) is 11.1. The Bertz CT molecular complexity index is 179. The van der Waals surface area contributed by atoms with Gasteiger partial charge in [-0.3, -0.25) is 9.59 Å². The second-order valence-electron chi connectivity index (χ2n) is 3.20. The molecule has 0 aromatic carbocycles. The van der Waals surface area contributed by atoms with E-state index in [-0.39, 0.29) is 18.9 Å². The summed E-state index contributed by atoms with van der Waals surface area (Å²) in [7, 11) is 0. The molecular weight excluding hydrogens is 200 g/mol. The maximum Gasteiger partial charge on any atom is 0.306 e. The van der Waals surface area contributed by atoms with Gasteiger partial charge in [-0.05, 0) is 19.8 Å². The number of aliphatic carboxylic acids is 2. The van der Waals surface area contributed by atoms with Gasteiger partial charge in [0.15, 0.2) is 0 Å². The lowest BCUT2D eigenvalue weighted by molar-refractivity contribution is -0.141. The van der Waals surface area contributed by atoms with E-state index in [4.69, 9.17) is 15.3 Å². The number of carbonyl (C=O) groups is 2. The molecule has 0 spiro atoms. The molecule has 15 heavy (non-hydrogen) atoms. The maximum absolute atomic E-state index is 10.3. The highest BCUT2D eigenvalue weighted by atomic mass is 16.4. The van der Waals surface area contributed by atoms with Crippen LogP contribution in [0, 0.1) is 5.92 Å². The number of aliphatic hydroxyl groups is 1. The molecule has 5 nitrogen and oxygen atoms in total. The lowest BCUT2D eigenvalue weighted by atomic mass is 10.0. The van der Waals surface area contributed by atoms with Crippen molar-refractivity contribution in [3.05, 3.63) is 0 Å². The molecule has 1 unspecified atom stereocenters. The van der Waals surface area contributed by atoms with E-state index in [1.807, 2.05) is 0 Å². The molecule has 1 atom stereocenters. The van der Waals surface area contributed by atoms with Gasteiger partial charge in [0.1, 0.15) is 0 Å². The third-order valence-corrected chi connectivity index (χ3v) is 1.70. The fraction of sp³-hybridized carbons (Fsp3) is 0.800. The van der Waals surface area contributed by atoms with Crippen LogP contribution in [0.25, 0.3) is 0 Å². The molecule has 0 fully saturated rings. The molecule has 0 radical (unpaired) electrons. The van der Waals surface area contributed by atoms with E-state index in [1.165, 1.54) is 0 Å². The van der Waals surface area contributed by atoms with Crippen molar-refractivity contribution in [1.82, 2.24) is 0 Å². The molecule has 90 valence electrons. The first-order valence-corrected chi connectivity index (χ1v) is 5.01. The lowest BCUT2D eigenvalue weighted by Crippen LogP contribution is -2.09. The Labute approximate surface area is 89.7 Å². The Balaban J connectivity index is 0. The van der Waals surface area contributed by atoms with Gasteiger partial charge in [0.2, 0.25) is 0 Å². The van der Waals surface area contributed by atoms with Crippen molar-refractivity contribution in [3.8, 4) is 0 Å². The maximum atomic E-state index is 10.3. The minimum atomic E-state index is -0.821. The highest BCUT2D eigenvalue weighted by molar-refractivity contribution is 5.69. The van der Waals surface area contributed by atoms with Crippen molar-refractivity contribution < 1.29 is 24.9 Å². The van der Waals surface area contributed by atoms with Gasteiger partial charge >= 0.3 is 11.9 Å². The molecule has 0 rings (SSSR count). The summed E-state index contributed by atoms with van der Waals surface area (Å²) in [6.07, 6.45) is 1.92. The fourth-order valence-electron chi connectivity index (χ4n) is 0.850. The van der Waals surface area contributed by atoms with Crippen LogP contribution in [0.3, 0.4) is 0 Å². The number of hydrogen-bond acceptors (Lipinski definition) is 3. The molecule has 0 aromatic rings. The van der Waals surface area contributed by atoms with Gasteiger partial charge in [-0.25, -0.2) is 0 Å². The molecule has 0 aliphatic carbocycles. The topological polar surface area (TPSA) is 94.8 Å². The number of carboxylic acids is 2. The van der Waals surface area contributed by atoms with Crippen LogP contribution in [0.2, 0.25) is 0 Å².